The van der Waals surface area contributed by atoms with Gasteiger partial charge in [0.15, 0.2) is 11.0 Å². The van der Waals surface area contributed by atoms with E-state index in [-0.39, 0.29) is 0 Å². The number of rotatable bonds is 4. The van der Waals surface area contributed by atoms with Gasteiger partial charge in [-0.1, -0.05) is 60.3 Å². The highest BCUT2D eigenvalue weighted by Crippen LogP contribution is 2.27. The molecule has 3 rings (SSSR count). The minimum absolute atomic E-state index is 0.525. The normalized spacial score (nSPS) is 12.3. The molecule has 0 saturated heterocycles. The standard InChI is InChI=1S/C16H15N3OS/c1-21-16-18-17-15(14(20)12-8-4-2-5-9-12)19(16)13-10-6-3-7-11-13/h2-11,14,20H,1H3. The van der Waals surface area contributed by atoms with E-state index in [0.717, 1.165) is 16.4 Å². The fraction of sp³-hybridized carbons (Fsp3) is 0.125. The minimum Gasteiger partial charge on any atom is -0.380 e. The maximum atomic E-state index is 10.6. The molecule has 1 unspecified atom stereocenters. The number of benzene rings is 2. The summed E-state index contributed by atoms with van der Waals surface area (Å²) >= 11 is 1.50. The van der Waals surface area contributed by atoms with E-state index in [1.165, 1.54) is 11.8 Å². The van der Waals surface area contributed by atoms with Gasteiger partial charge in [-0.25, -0.2) is 0 Å². The van der Waals surface area contributed by atoms with Crippen LogP contribution in [0.15, 0.2) is 65.8 Å². The van der Waals surface area contributed by atoms with Gasteiger partial charge in [0.2, 0.25) is 0 Å². The van der Waals surface area contributed by atoms with E-state index in [0.29, 0.717) is 5.82 Å². The van der Waals surface area contributed by atoms with Crippen LogP contribution in [0.5, 0.6) is 0 Å². The highest BCUT2D eigenvalue weighted by Gasteiger charge is 2.21. The molecular formula is C16H15N3OS. The summed E-state index contributed by atoms with van der Waals surface area (Å²) in [6, 6.07) is 19.3. The molecule has 0 amide bonds. The van der Waals surface area contributed by atoms with Crippen molar-refractivity contribution < 1.29 is 5.11 Å². The lowest BCUT2D eigenvalue weighted by Gasteiger charge is -2.14. The molecule has 106 valence electrons. The fourth-order valence-electron chi connectivity index (χ4n) is 2.19. The van der Waals surface area contributed by atoms with Crippen molar-refractivity contribution in [2.24, 2.45) is 0 Å². The second kappa shape index (κ2) is 6.11. The zero-order valence-electron chi connectivity index (χ0n) is 11.5. The quantitative estimate of drug-likeness (QED) is 0.752. The number of para-hydroxylation sites is 1. The van der Waals surface area contributed by atoms with Crippen LogP contribution in [0.3, 0.4) is 0 Å². The summed E-state index contributed by atoms with van der Waals surface area (Å²) in [6.07, 6.45) is 1.14. The Morgan fingerprint density at radius 1 is 0.952 bits per heavy atom. The van der Waals surface area contributed by atoms with Crippen LogP contribution in [-0.2, 0) is 0 Å². The Morgan fingerprint density at radius 2 is 1.57 bits per heavy atom. The smallest absolute Gasteiger partial charge is 0.195 e. The van der Waals surface area contributed by atoms with E-state index < -0.39 is 6.10 Å². The average Bonchev–Trinajstić information content (AvgIpc) is 2.99. The third-order valence-corrected chi connectivity index (χ3v) is 3.84. The van der Waals surface area contributed by atoms with Gasteiger partial charge < -0.3 is 5.11 Å². The molecule has 5 heteroatoms. The number of nitrogens with zero attached hydrogens (tertiary/aromatic N) is 3. The first-order valence-corrected chi connectivity index (χ1v) is 7.81. The van der Waals surface area contributed by atoms with Crippen LogP contribution in [0.2, 0.25) is 0 Å². The molecule has 0 aliphatic heterocycles. The topological polar surface area (TPSA) is 50.9 Å². The number of aliphatic hydroxyl groups excluding tert-OH is 1. The second-order valence-electron chi connectivity index (χ2n) is 4.53. The van der Waals surface area contributed by atoms with E-state index in [9.17, 15) is 5.11 Å². The molecule has 1 atom stereocenters. The summed E-state index contributed by atoms with van der Waals surface area (Å²) in [6.45, 7) is 0. The van der Waals surface area contributed by atoms with E-state index in [1.807, 2.05) is 71.5 Å². The van der Waals surface area contributed by atoms with Crippen molar-refractivity contribution in [3.05, 3.63) is 72.1 Å². The SMILES string of the molecule is CSc1nnc(C(O)c2ccccc2)n1-c1ccccc1. The predicted octanol–water partition coefficient (Wildman–Crippen LogP) is 3.07. The zero-order chi connectivity index (χ0) is 14.7. The van der Waals surface area contributed by atoms with E-state index >= 15 is 0 Å². The Morgan fingerprint density at radius 3 is 2.19 bits per heavy atom. The molecule has 1 aromatic heterocycles. The predicted molar refractivity (Wildman–Crippen MR) is 83.6 cm³/mol. The summed E-state index contributed by atoms with van der Waals surface area (Å²) in [4.78, 5) is 0. The number of thioether (sulfide) groups is 1. The monoisotopic (exact) mass is 297 g/mol. The molecule has 0 radical (unpaired) electrons. The van der Waals surface area contributed by atoms with Gasteiger partial charge in [-0.2, -0.15) is 0 Å². The molecule has 0 saturated carbocycles. The van der Waals surface area contributed by atoms with E-state index in [2.05, 4.69) is 10.2 Å². The molecule has 0 fully saturated rings. The zero-order valence-corrected chi connectivity index (χ0v) is 12.4. The van der Waals surface area contributed by atoms with Crippen molar-refractivity contribution in [1.82, 2.24) is 14.8 Å². The second-order valence-corrected chi connectivity index (χ2v) is 5.30. The van der Waals surface area contributed by atoms with E-state index in [4.69, 9.17) is 0 Å². The Bertz CT molecular complexity index is 713. The first-order chi connectivity index (χ1) is 10.3. The summed E-state index contributed by atoms with van der Waals surface area (Å²) in [5.41, 5.74) is 1.74. The van der Waals surface area contributed by atoms with Gasteiger partial charge >= 0.3 is 0 Å². The third kappa shape index (κ3) is 2.70. The minimum atomic E-state index is -0.806. The van der Waals surface area contributed by atoms with Crippen molar-refractivity contribution in [3.63, 3.8) is 0 Å². The van der Waals surface area contributed by atoms with Crippen LogP contribution >= 0.6 is 11.8 Å². The van der Waals surface area contributed by atoms with Crippen LogP contribution < -0.4 is 0 Å². The van der Waals surface area contributed by atoms with Gasteiger partial charge in [-0.15, -0.1) is 10.2 Å². The number of aromatic nitrogens is 3. The van der Waals surface area contributed by atoms with E-state index in [1.54, 1.807) is 0 Å². The van der Waals surface area contributed by atoms with Crippen molar-refractivity contribution >= 4 is 11.8 Å². The Kier molecular flexibility index (Phi) is 4.03. The lowest BCUT2D eigenvalue weighted by atomic mass is 10.1. The molecule has 21 heavy (non-hydrogen) atoms. The highest BCUT2D eigenvalue weighted by molar-refractivity contribution is 7.98. The van der Waals surface area contributed by atoms with Crippen LogP contribution in [0, 0.1) is 0 Å². The number of hydrogen-bond acceptors (Lipinski definition) is 4. The number of aliphatic hydroxyl groups is 1. The maximum absolute atomic E-state index is 10.6. The van der Waals surface area contributed by atoms with Crippen molar-refractivity contribution in [3.8, 4) is 5.69 Å². The summed E-state index contributed by atoms with van der Waals surface area (Å²) in [5, 5.41) is 19.7. The van der Waals surface area contributed by atoms with Crippen LogP contribution in [-0.4, -0.2) is 26.1 Å². The molecule has 3 aromatic rings. The van der Waals surface area contributed by atoms with Crippen molar-refractivity contribution in [1.29, 1.82) is 0 Å². The maximum Gasteiger partial charge on any atom is 0.195 e. The summed E-state index contributed by atoms with van der Waals surface area (Å²) < 4.78 is 1.89. The molecular weight excluding hydrogens is 282 g/mol. The molecule has 0 bridgehead atoms. The molecule has 1 heterocycles. The largest absolute Gasteiger partial charge is 0.380 e. The van der Waals surface area contributed by atoms with Gasteiger partial charge in [-0.3, -0.25) is 4.57 Å². The van der Waals surface area contributed by atoms with Crippen LogP contribution in [0.25, 0.3) is 5.69 Å². The summed E-state index contributed by atoms with van der Waals surface area (Å²) in [7, 11) is 0. The molecule has 0 aliphatic rings. The molecule has 2 aromatic carbocycles. The lowest BCUT2D eigenvalue weighted by molar-refractivity contribution is 0.207. The molecule has 1 N–H and O–H groups in total. The van der Waals surface area contributed by atoms with Gasteiger partial charge in [0, 0.05) is 5.69 Å². The average molecular weight is 297 g/mol. The van der Waals surface area contributed by atoms with Crippen molar-refractivity contribution in [2.75, 3.05) is 6.26 Å². The fourth-order valence-corrected chi connectivity index (χ4v) is 2.70. The Hall–Kier alpha value is -2.11. The van der Waals surface area contributed by atoms with Crippen LogP contribution in [0.4, 0.5) is 0 Å². The lowest BCUT2D eigenvalue weighted by Crippen LogP contribution is -2.09. The highest BCUT2D eigenvalue weighted by atomic mass is 32.2. The van der Waals surface area contributed by atoms with Gasteiger partial charge in [0.1, 0.15) is 6.10 Å². The number of hydrogen-bond donors (Lipinski definition) is 1. The van der Waals surface area contributed by atoms with Crippen molar-refractivity contribution in [2.45, 2.75) is 11.3 Å². The van der Waals surface area contributed by atoms with Crippen LogP contribution in [0.1, 0.15) is 17.5 Å². The molecule has 0 spiro atoms. The molecule has 4 nitrogen and oxygen atoms in total. The van der Waals surface area contributed by atoms with Gasteiger partial charge in [0.25, 0.3) is 0 Å². The first-order valence-electron chi connectivity index (χ1n) is 6.59. The van der Waals surface area contributed by atoms with Gasteiger partial charge in [-0.05, 0) is 24.0 Å². The molecule has 0 aliphatic carbocycles. The first kappa shape index (κ1) is 13.9. The third-order valence-electron chi connectivity index (χ3n) is 3.22. The Balaban J connectivity index is 2.10. The Labute approximate surface area is 127 Å². The van der Waals surface area contributed by atoms with Gasteiger partial charge in [0.05, 0.1) is 0 Å². The summed E-state index contributed by atoms with van der Waals surface area (Å²) in [5.74, 6) is 0.525.